The van der Waals surface area contributed by atoms with Gasteiger partial charge in [0.2, 0.25) is 0 Å². The second-order valence-corrected chi connectivity index (χ2v) is 8.89. The minimum Gasteiger partial charge on any atom is -0.481 e. The average Bonchev–Trinajstić information content (AvgIpc) is 2.59. The van der Waals surface area contributed by atoms with Crippen LogP contribution in [0.15, 0.2) is 0 Å². The summed E-state index contributed by atoms with van der Waals surface area (Å²) < 4.78 is 5.60. The number of carbonyl (C=O) groups is 2. The third-order valence-electron chi connectivity index (χ3n) is 6.79. The SMILES string of the molecule is CC(C)(C1CCC(O)CC1)C1CCC(OC(=O)CCCCC(=O)O)CC1. The molecule has 2 saturated carbocycles. The van der Waals surface area contributed by atoms with Crippen LogP contribution in [0.2, 0.25) is 0 Å². The highest BCUT2D eigenvalue weighted by Crippen LogP contribution is 2.48. The van der Waals surface area contributed by atoms with Gasteiger partial charge in [-0.15, -0.1) is 0 Å². The standard InChI is InChI=1S/C21H36O5/c1-21(2,15-7-11-17(22)12-8-15)16-9-13-18(14-10-16)26-20(25)6-4-3-5-19(23)24/h15-18,22H,3-14H2,1-2H3,(H,23,24). The molecule has 0 atom stereocenters. The van der Waals surface area contributed by atoms with Crippen LogP contribution in [0.1, 0.15) is 90.9 Å². The predicted octanol–water partition coefficient (Wildman–Crippen LogP) is 4.31. The molecule has 0 aromatic rings. The van der Waals surface area contributed by atoms with Crippen LogP contribution in [-0.4, -0.2) is 34.4 Å². The molecular weight excluding hydrogens is 332 g/mol. The molecule has 0 spiro atoms. The largest absolute Gasteiger partial charge is 0.481 e. The second-order valence-electron chi connectivity index (χ2n) is 8.89. The van der Waals surface area contributed by atoms with Crippen molar-refractivity contribution in [2.45, 2.75) is 103 Å². The number of carboxylic acids is 1. The molecule has 0 radical (unpaired) electrons. The van der Waals surface area contributed by atoms with E-state index in [0.717, 1.165) is 51.4 Å². The van der Waals surface area contributed by atoms with Crippen molar-refractivity contribution in [3.8, 4) is 0 Å². The molecule has 0 heterocycles. The van der Waals surface area contributed by atoms with Crippen LogP contribution in [-0.2, 0) is 14.3 Å². The van der Waals surface area contributed by atoms with Gasteiger partial charge in [0.05, 0.1) is 6.10 Å². The maximum Gasteiger partial charge on any atom is 0.306 e. The number of hydrogen-bond donors (Lipinski definition) is 2. The number of carboxylic acid groups (broad SMARTS) is 1. The molecule has 2 fully saturated rings. The predicted molar refractivity (Wildman–Crippen MR) is 99.7 cm³/mol. The average molecular weight is 369 g/mol. The maximum absolute atomic E-state index is 11.9. The Morgan fingerprint density at radius 3 is 1.92 bits per heavy atom. The Morgan fingerprint density at radius 1 is 0.885 bits per heavy atom. The maximum atomic E-state index is 11.9. The van der Waals surface area contributed by atoms with Crippen LogP contribution in [0, 0.1) is 17.3 Å². The Hall–Kier alpha value is -1.10. The lowest BCUT2D eigenvalue weighted by Gasteiger charge is -2.46. The van der Waals surface area contributed by atoms with Crippen molar-refractivity contribution in [2.75, 3.05) is 0 Å². The monoisotopic (exact) mass is 368 g/mol. The minimum absolute atomic E-state index is 0.0298. The highest BCUT2D eigenvalue weighted by molar-refractivity contribution is 5.70. The molecule has 5 nitrogen and oxygen atoms in total. The normalized spacial score (nSPS) is 30.0. The molecule has 150 valence electrons. The number of ether oxygens (including phenoxy) is 1. The van der Waals surface area contributed by atoms with Crippen molar-refractivity contribution >= 4 is 11.9 Å². The summed E-state index contributed by atoms with van der Waals surface area (Å²) in [6.07, 6.45) is 9.66. The molecule has 2 rings (SSSR count). The molecule has 0 amide bonds. The van der Waals surface area contributed by atoms with Crippen LogP contribution >= 0.6 is 0 Å². The highest BCUT2D eigenvalue weighted by Gasteiger charge is 2.40. The summed E-state index contributed by atoms with van der Waals surface area (Å²) >= 11 is 0. The van der Waals surface area contributed by atoms with E-state index in [2.05, 4.69) is 13.8 Å². The van der Waals surface area contributed by atoms with Gasteiger partial charge in [-0.1, -0.05) is 13.8 Å². The van der Waals surface area contributed by atoms with Gasteiger partial charge in [-0.2, -0.15) is 0 Å². The molecule has 0 saturated heterocycles. The molecule has 0 aromatic carbocycles. The number of hydrogen-bond acceptors (Lipinski definition) is 4. The Kier molecular flexibility index (Phi) is 7.93. The van der Waals surface area contributed by atoms with Crippen molar-refractivity contribution in [1.82, 2.24) is 0 Å². The fourth-order valence-corrected chi connectivity index (χ4v) is 4.87. The molecule has 0 unspecified atom stereocenters. The van der Waals surface area contributed by atoms with Crippen molar-refractivity contribution in [2.24, 2.45) is 17.3 Å². The van der Waals surface area contributed by atoms with E-state index >= 15 is 0 Å². The Balaban J connectivity index is 1.69. The third kappa shape index (κ3) is 6.26. The third-order valence-corrected chi connectivity index (χ3v) is 6.79. The minimum atomic E-state index is -0.813. The lowest BCUT2D eigenvalue weighted by atomic mass is 9.60. The summed E-state index contributed by atoms with van der Waals surface area (Å²) in [6.45, 7) is 4.77. The van der Waals surface area contributed by atoms with Crippen molar-refractivity contribution in [1.29, 1.82) is 0 Å². The fourth-order valence-electron chi connectivity index (χ4n) is 4.87. The summed E-state index contributed by atoms with van der Waals surface area (Å²) in [4.78, 5) is 22.4. The topological polar surface area (TPSA) is 83.8 Å². The van der Waals surface area contributed by atoms with E-state index in [0.29, 0.717) is 31.1 Å². The zero-order valence-electron chi connectivity index (χ0n) is 16.4. The van der Waals surface area contributed by atoms with Crippen molar-refractivity contribution in [3.05, 3.63) is 0 Å². The zero-order chi connectivity index (χ0) is 19.2. The lowest BCUT2D eigenvalue weighted by molar-refractivity contribution is -0.152. The number of aliphatic hydroxyl groups excluding tert-OH is 1. The van der Waals surface area contributed by atoms with Crippen LogP contribution in [0.3, 0.4) is 0 Å². The van der Waals surface area contributed by atoms with E-state index in [-0.39, 0.29) is 30.0 Å². The lowest BCUT2D eigenvalue weighted by Crippen LogP contribution is -2.39. The number of aliphatic carboxylic acids is 1. The molecule has 2 N–H and O–H groups in total. The van der Waals surface area contributed by atoms with Gasteiger partial charge in [0.1, 0.15) is 6.10 Å². The van der Waals surface area contributed by atoms with Gasteiger partial charge in [-0.3, -0.25) is 9.59 Å². The van der Waals surface area contributed by atoms with Gasteiger partial charge in [0, 0.05) is 12.8 Å². The Morgan fingerprint density at radius 2 is 1.38 bits per heavy atom. The summed E-state index contributed by atoms with van der Waals surface area (Å²) in [6, 6.07) is 0. The van der Waals surface area contributed by atoms with E-state index in [4.69, 9.17) is 9.84 Å². The summed E-state index contributed by atoms with van der Waals surface area (Å²) in [5.41, 5.74) is 0.284. The van der Waals surface area contributed by atoms with Crippen LogP contribution in [0.4, 0.5) is 0 Å². The molecule has 2 aliphatic carbocycles. The van der Waals surface area contributed by atoms with Crippen LogP contribution < -0.4 is 0 Å². The van der Waals surface area contributed by atoms with Gasteiger partial charge in [0.25, 0.3) is 0 Å². The van der Waals surface area contributed by atoms with E-state index in [9.17, 15) is 14.7 Å². The van der Waals surface area contributed by atoms with E-state index in [1.165, 1.54) is 0 Å². The first-order valence-electron chi connectivity index (χ1n) is 10.4. The van der Waals surface area contributed by atoms with E-state index < -0.39 is 5.97 Å². The first-order valence-corrected chi connectivity index (χ1v) is 10.4. The van der Waals surface area contributed by atoms with Gasteiger partial charge in [0.15, 0.2) is 0 Å². The quantitative estimate of drug-likeness (QED) is 0.493. The van der Waals surface area contributed by atoms with Crippen LogP contribution in [0.25, 0.3) is 0 Å². The zero-order valence-corrected chi connectivity index (χ0v) is 16.4. The second kappa shape index (κ2) is 9.72. The number of aliphatic hydroxyl groups is 1. The van der Waals surface area contributed by atoms with Gasteiger partial charge < -0.3 is 14.9 Å². The molecule has 5 heteroatoms. The highest BCUT2D eigenvalue weighted by atomic mass is 16.5. The van der Waals surface area contributed by atoms with E-state index in [1.807, 2.05) is 0 Å². The van der Waals surface area contributed by atoms with Gasteiger partial charge in [-0.05, 0) is 81.5 Å². The molecule has 0 aromatic heterocycles. The Labute approximate surface area is 157 Å². The molecular formula is C21H36O5. The molecule has 2 aliphatic rings. The number of unbranched alkanes of at least 4 members (excludes halogenated alkanes) is 1. The number of esters is 1. The molecule has 0 bridgehead atoms. The molecule has 26 heavy (non-hydrogen) atoms. The first-order chi connectivity index (χ1) is 12.3. The summed E-state index contributed by atoms with van der Waals surface area (Å²) in [7, 11) is 0. The van der Waals surface area contributed by atoms with E-state index in [1.54, 1.807) is 0 Å². The fraction of sp³-hybridized carbons (Fsp3) is 0.905. The smallest absolute Gasteiger partial charge is 0.306 e. The number of rotatable bonds is 8. The summed E-state index contributed by atoms with van der Waals surface area (Å²) in [5.74, 6) is 0.351. The summed E-state index contributed by atoms with van der Waals surface area (Å²) in [5, 5.41) is 18.4. The van der Waals surface area contributed by atoms with Gasteiger partial charge in [-0.25, -0.2) is 0 Å². The van der Waals surface area contributed by atoms with Crippen molar-refractivity contribution < 1.29 is 24.5 Å². The van der Waals surface area contributed by atoms with Gasteiger partial charge >= 0.3 is 11.9 Å². The first kappa shape index (κ1) is 21.2. The Bertz CT molecular complexity index is 457. The number of carbonyl (C=O) groups excluding carboxylic acids is 1. The van der Waals surface area contributed by atoms with Crippen LogP contribution in [0.5, 0.6) is 0 Å². The molecule has 0 aliphatic heterocycles. The van der Waals surface area contributed by atoms with Crippen molar-refractivity contribution in [3.63, 3.8) is 0 Å².